The summed E-state index contributed by atoms with van der Waals surface area (Å²) < 4.78 is 0. The smallest absolute Gasteiger partial charge is 0.307 e. The molecule has 1 amide bonds. The van der Waals surface area contributed by atoms with E-state index in [4.69, 9.17) is 10.4 Å². The van der Waals surface area contributed by atoms with Gasteiger partial charge in [-0.15, -0.1) is 0 Å². The second-order valence-corrected chi connectivity index (χ2v) is 3.97. The van der Waals surface area contributed by atoms with E-state index in [1.807, 2.05) is 6.07 Å². The first-order chi connectivity index (χ1) is 7.97. The third-order valence-corrected chi connectivity index (χ3v) is 2.27. The molecule has 17 heavy (non-hydrogen) atoms. The molecule has 0 aromatic heterocycles. The summed E-state index contributed by atoms with van der Waals surface area (Å²) in [6.07, 6.45) is 0.702. The van der Waals surface area contributed by atoms with Crippen LogP contribution in [0.3, 0.4) is 0 Å². The molecule has 0 saturated heterocycles. The first kappa shape index (κ1) is 15.4. The summed E-state index contributed by atoms with van der Waals surface area (Å²) in [5.41, 5.74) is 0. The molecule has 0 spiro atoms. The number of nitrogens with one attached hydrogen (secondary N) is 1. The number of carbonyl (C=O) groups excluding carboxylic acids is 1. The van der Waals surface area contributed by atoms with Crippen LogP contribution in [0.2, 0.25) is 0 Å². The molecule has 2 N–H and O–H groups in total. The summed E-state index contributed by atoms with van der Waals surface area (Å²) >= 11 is 0. The molecule has 6 heteroatoms. The molecule has 0 aliphatic rings. The molecule has 6 nitrogen and oxygen atoms in total. The van der Waals surface area contributed by atoms with Gasteiger partial charge in [-0.2, -0.15) is 5.26 Å². The molecule has 0 aromatic rings. The molecule has 0 bridgehead atoms. The highest BCUT2D eigenvalue weighted by Crippen LogP contribution is 2.00. The van der Waals surface area contributed by atoms with Crippen LogP contribution in [0.5, 0.6) is 0 Å². The molecule has 0 rings (SSSR count). The Morgan fingerprint density at radius 1 is 1.53 bits per heavy atom. The van der Waals surface area contributed by atoms with Crippen molar-refractivity contribution in [1.29, 1.82) is 5.26 Å². The highest BCUT2D eigenvalue weighted by atomic mass is 16.4. The zero-order valence-corrected chi connectivity index (χ0v) is 10.3. The summed E-state index contributed by atoms with van der Waals surface area (Å²) in [7, 11) is 0. The summed E-state index contributed by atoms with van der Waals surface area (Å²) in [5.74, 6) is -1.45. The van der Waals surface area contributed by atoms with Gasteiger partial charge < -0.3 is 10.4 Å². The van der Waals surface area contributed by atoms with Gasteiger partial charge in [0.2, 0.25) is 5.91 Å². The number of carboxylic acids is 1. The lowest BCUT2D eigenvalue weighted by Gasteiger charge is -2.21. The van der Waals surface area contributed by atoms with Crippen molar-refractivity contribution in [2.45, 2.75) is 20.3 Å². The van der Waals surface area contributed by atoms with Crippen LogP contribution in [-0.4, -0.2) is 48.1 Å². The second-order valence-electron chi connectivity index (χ2n) is 3.97. The number of aliphatic carboxylic acids is 1. The Bertz CT molecular complexity index is 299. The molecule has 0 heterocycles. The predicted octanol–water partition coefficient (Wildman–Crippen LogP) is 0.0589. The summed E-state index contributed by atoms with van der Waals surface area (Å²) in [4.78, 5) is 23.1. The molecule has 0 radical (unpaired) electrons. The van der Waals surface area contributed by atoms with Crippen molar-refractivity contribution < 1.29 is 14.7 Å². The van der Waals surface area contributed by atoms with E-state index in [0.29, 0.717) is 26.1 Å². The minimum Gasteiger partial charge on any atom is -0.481 e. The number of carbonyl (C=O) groups is 2. The van der Waals surface area contributed by atoms with Gasteiger partial charge in [-0.05, 0) is 6.42 Å². The lowest BCUT2D eigenvalue weighted by Crippen LogP contribution is -2.34. The Morgan fingerprint density at radius 2 is 2.18 bits per heavy atom. The number of nitriles is 1. The highest BCUT2D eigenvalue weighted by Gasteiger charge is 2.15. The number of carboxylic acid groups (broad SMARTS) is 1. The topological polar surface area (TPSA) is 93.4 Å². The first-order valence-electron chi connectivity index (χ1n) is 5.54. The minimum absolute atomic E-state index is 0.0873. The van der Waals surface area contributed by atoms with E-state index in [0.717, 1.165) is 0 Å². The summed E-state index contributed by atoms with van der Waals surface area (Å²) in [6, 6.07) is 2.01. The van der Waals surface area contributed by atoms with Crippen molar-refractivity contribution in [3.05, 3.63) is 0 Å². The minimum atomic E-state index is -0.866. The number of hydrogen-bond donors (Lipinski definition) is 2. The average molecular weight is 241 g/mol. The first-order valence-corrected chi connectivity index (χ1v) is 5.54. The third kappa shape index (κ3) is 8.22. The molecule has 1 unspecified atom stereocenters. The summed E-state index contributed by atoms with van der Waals surface area (Å²) in [6.45, 7) is 4.75. The Labute approximate surface area is 101 Å². The van der Waals surface area contributed by atoms with Gasteiger partial charge in [0.05, 0.1) is 18.5 Å². The van der Waals surface area contributed by atoms with Crippen LogP contribution in [0.15, 0.2) is 0 Å². The highest BCUT2D eigenvalue weighted by molar-refractivity contribution is 5.72. The van der Waals surface area contributed by atoms with Gasteiger partial charge in [0.15, 0.2) is 0 Å². The second kappa shape index (κ2) is 8.53. The molecular formula is C11H19N3O3. The van der Waals surface area contributed by atoms with Crippen LogP contribution in [0, 0.1) is 17.2 Å². The van der Waals surface area contributed by atoms with Crippen molar-refractivity contribution in [2.75, 3.05) is 26.2 Å². The van der Waals surface area contributed by atoms with E-state index >= 15 is 0 Å². The van der Waals surface area contributed by atoms with Gasteiger partial charge >= 0.3 is 5.97 Å². The van der Waals surface area contributed by atoms with Crippen molar-refractivity contribution in [3.63, 3.8) is 0 Å². The number of hydrogen-bond acceptors (Lipinski definition) is 4. The monoisotopic (exact) mass is 241 g/mol. The molecule has 0 aliphatic heterocycles. The Hall–Kier alpha value is -1.61. The van der Waals surface area contributed by atoms with E-state index in [9.17, 15) is 9.59 Å². The van der Waals surface area contributed by atoms with E-state index in [-0.39, 0.29) is 12.5 Å². The predicted molar refractivity (Wildman–Crippen MR) is 62.2 cm³/mol. The maximum Gasteiger partial charge on any atom is 0.307 e. The Morgan fingerprint density at radius 3 is 2.65 bits per heavy atom. The third-order valence-electron chi connectivity index (χ3n) is 2.27. The largest absolute Gasteiger partial charge is 0.481 e. The lowest BCUT2D eigenvalue weighted by atomic mass is 10.1. The fraction of sp³-hybridized carbons (Fsp3) is 0.727. The van der Waals surface area contributed by atoms with Crippen molar-refractivity contribution >= 4 is 11.9 Å². The van der Waals surface area contributed by atoms with Crippen molar-refractivity contribution in [3.8, 4) is 6.07 Å². The number of nitrogens with zero attached hydrogens (tertiary/aromatic N) is 2. The van der Waals surface area contributed by atoms with Crippen molar-refractivity contribution in [2.24, 2.45) is 5.92 Å². The Balaban J connectivity index is 3.94. The van der Waals surface area contributed by atoms with Gasteiger partial charge in [-0.25, -0.2) is 0 Å². The zero-order chi connectivity index (χ0) is 13.3. The zero-order valence-electron chi connectivity index (χ0n) is 10.3. The average Bonchev–Trinajstić information content (AvgIpc) is 2.23. The van der Waals surface area contributed by atoms with Gasteiger partial charge in [-0.3, -0.25) is 14.5 Å². The van der Waals surface area contributed by atoms with Gasteiger partial charge in [-0.1, -0.05) is 6.92 Å². The fourth-order valence-corrected chi connectivity index (χ4v) is 1.37. The maximum absolute atomic E-state index is 10.7. The van der Waals surface area contributed by atoms with Gasteiger partial charge in [0.25, 0.3) is 0 Å². The molecular weight excluding hydrogens is 222 g/mol. The van der Waals surface area contributed by atoms with E-state index in [1.165, 1.54) is 6.92 Å². The SMILES string of the molecule is CC(=O)NCCCN(CC#N)CC(C)C(=O)O. The van der Waals surface area contributed by atoms with Crippen molar-refractivity contribution in [1.82, 2.24) is 10.2 Å². The normalized spacial score (nSPS) is 11.9. The van der Waals surface area contributed by atoms with Crippen LogP contribution in [0.4, 0.5) is 0 Å². The maximum atomic E-state index is 10.7. The lowest BCUT2D eigenvalue weighted by molar-refractivity contribution is -0.141. The fourth-order valence-electron chi connectivity index (χ4n) is 1.37. The van der Waals surface area contributed by atoms with E-state index in [2.05, 4.69) is 5.32 Å². The Kier molecular flexibility index (Phi) is 7.72. The van der Waals surface area contributed by atoms with Crippen LogP contribution in [0.25, 0.3) is 0 Å². The molecule has 0 aliphatic carbocycles. The quantitative estimate of drug-likeness (QED) is 0.463. The van der Waals surface area contributed by atoms with Gasteiger partial charge in [0.1, 0.15) is 0 Å². The van der Waals surface area contributed by atoms with Crippen LogP contribution in [-0.2, 0) is 9.59 Å². The van der Waals surface area contributed by atoms with E-state index in [1.54, 1.807) is 11.8 Å². The van der Waals surface area contributed by atoms with E-state index < -0.39 is 11.9 Å². The van der Waals surface area contributed by atoms with Crippen LogP contribution in [0.1, 0.15) is 20.3 Å². The van der Waals surface area contributed by atoms with Crippen LogP contribution < -0.4 is 5.32 Å². The molecule has 0 fully saturated rings. The molecule has 96 valence electrons. The number of rotatable bonds is 8. The molecule has 0 saturated carbocycles. The summed E-state index contributed by atoms with van der Waals surface area (Å²) in [5, 5.41) is 20.1. The standard InChI is InChI=1S/C11H19N3O3/c1-9(11(16)17)8-14(7-4-12)6-3-5-13-10(2)15/h9H,3,5-8H2,1-2H3,(H,13,15)(H,16,17). The molecule has 0 aromatic carbocycles. The number of amides is 1. The molecule has 1 atom stereocenters. The van der Waals surface area contributed by atoms with Gasteiger partial charge in [0, 0.05) is 26.6 Å². The van der Waals surface area contributed by atoms with Crippen LogP contribution >= 0.6 is 0 Å².